The molecule has 138 valence electrons. The maximum atomic E-state index is 4.82. The molecule has 2 rings (SSSR count). The Balaban J connectivity index is 0.00000288. The molecule has 2 heterocycles. The number of hydrogen-bond donors (Lipinski definition) is 1. The Morgan fingerprint density at radius 2 is 2.25 bits per heavy atom. The Bertz CT molecular complexity index is 518. The standard InChI is InChI=1S/C16H29N5S2.HI/c1-6-17-15(21-7-8-22-14(10-21)12(2)3)18-9-13-11-23-16(19-13)20(4)5;/h11-12,14H,6-10H2,1-5H3,(H,17,18);1H. The second kappa shape index (κ2) is 10.7. The topological polar surface area (TPSA) is 43.8 Å². The van der Waals surface area contributed by atoms with Crippen LogP contribution in [-0.2, 0) is 6.54 Å². The number of nitrogens with one attached hydrogen (secondary N) is 1. The van der Waals surface area contributed by atoms with Crippen molar-refractivity contribution >= 4 is 58.2 Å². The number of anilines is 1. The van der Waals surface area contributed by atoms with Gasteiger partial charge in [-0.25, -0.2) is 9.98 Å². The van der Waals surface area contributed by atoms with Gasteiger partial charge >= 0.3 is 0 Å². The van der Waals surface area contributed by atoms with Crippen molar-refractivity contribution < 1.29 is 0 Å². The molecule has 1 saturated heterocycles. The van der Waals surface area contributed by atoms with E-state index in [0.29, 0.717) is 17.7 Å². The molecule has 0 radical (unpaired) electrons. The van der Waals surface area contributed by atoms with E-state index in [9.17, 15) is 0 Å². The minimum absolute atomic E-state index is 0. The highest BCUT2D eigenvalue weighted by atomic mass is 127. The van der Waals surface area contributed by atoms with Crippen LogP contribution in [0.2, 0.25) is 0 Å². The van der Waals surface area contributed by atoms with E-state index in [2.05, 4.69) is 53.1 Å². The molecule has 1 aromatic rings. The monoisotopic (exact) mass is 483 g/mol. The summed E-state index contributed by atoms with van der Waals surface area (Å²) in [6, 6.07) is 0. The van der Waals surface area contributed by atoms with Gasteiger partial charge in [0.2, 0.25) is 0 Å². The van der Waals surface area contributed by atoms with Gasteiger partial charge in [-0.2, -0.15) is 11.8 Å². The van der Waals surface area contributed by atoms with Crippen LogP contribution >= 0.6 is 47.1 Å². The first-order valence-corrected chi connectivity index (χ1v) is 10.2. The first-order chi connectivity index (χ1) is 11.0. The van der Waals surface area contributed by atoms with E-state index in [1.807, 2.05) is 19.0 Å². The van der Waals surface area contributed by atoms with Crippen molar-refractivity contribution in [2.45, 2.75) is 32.6 Å². The zero-order valence-electron chi connectivity index (χ0n) is 15.3. The third kappa shape index (κ3) is 6.25. The minimum atomic E-state index is 0. The number of guanidine groups is 1. The molecule has 1 aliphatic heterocycles. The van der Waals surface area contributed by atoms with E-state index >= 15 is 0 Å². The number of rotatable bonds is 5. The summed E-state index contributed by atoms with van der Waals surface area (Å²) in [6.07, 6.45) is 0. The first-order valence-electron chi connectivity index (χ1n) is 8.27. The number of hydrogen-bond acceptors (Lipinski definition) is 5. The molecule has 0 spiro atoms. The lowest BCUT2D eigenvalue weighted by molar-refractivity contribution is 0.380. The summed E-state index contributed by atoms with van der Waals surface area (Å²) in [4.78, 5) is 13.9. The van der Waals surface area contributed by atoms with Crippen LogP contribution in [0.15, 0.2) is 10.4 Å². The third-order valence-electron chi connectivity index (χ3n) is 3.78. The van der Waals surface area contributed by atoms with E-state index in [1.54, 1.807) is 11.3 Å². The van der Waals surface area contributed by atoms with Gasteiger partial charge in [0.05, 0.1) is 12.2 Å². The average Bonchev–Trinajstić information content (AvgIpc) is 3.00. The van der Waals surface area contributed by atoms with Gasteiger partial charge in [-0.1, -0.05) is 13.8 Å². The fraction of sp³-hybridized carbons (Fsp3) is 0.750. The smallest absolute Gasteiger partial charge is 0.194 e. The summed E-state index contributed by atoms with van der Waals surface area (Å²) < 4.78 is 0. The van der Waals surface area contributed by atoms with Crippen LogP contribution in [0.5, 0.6) is 0 Å². The van der Waals surface area contributed by atoms with E-state index in [-0.39, 0.29) is 24.0 Å². The lowest BCUT2D eigenvalue weighted by Crippen LogP contribution is -2.49. The number of aromatic nitrogens is 1. The van der Waals surface area contributed by atoms with Crippen molar-refractivity contribution in [3.05, 3.63) is 11.1 Å². The second-order valence-electron chi connectivity index (χ2n) is 6.29. The number of nitrogens with zero attached hydrogens (tertiary/aromatic N) is 4. The Hall–Kier alpha value is -0.220. The first kappa shape index (κ1) is 21.8. The van der Waals surface area contributed by atoms with Crippen LogP contribution in [0.25, 0.3) is 0 Å². The lowest BCUT2D eigenvalue weighted by Gasteiger charge is -2.36. The van der Waals surface area contributed by atoms with Gasteiger partial charge in [0.15, 0.2) is 11.1 Å². The quantitative estimate of drug-likeness (QED) is 0.395. The Kier molecular flexibility index (Phi) is 9.73. The summed E-state index contributed by atoms with van der Waals surface area (Å²) in [5.41, 5.74) is 1.04. The highest BCUT2D eigenvalue weighted by Gasteiger charge is 2.24. The van der Waals surface area contributed by atoms with Crippen molar-refractivity contribution in [1.82, 2.24) is 15.2 Å². The fourth-order valence-corrected chi connectivity index (χ4v) is 4.48. The number of thiazole rings is 1. The molecule has 0 aliphatic carbocycles. The number of aliphatic imine (C=N–C) groups is 1. The molecule has 0 saturated carbocycles. The largest absolute Gasteiger partial charge is 0.357 e. The van der Waals surface area contributed by atoms with Crippen molar-refractivity contribution in [2.24, 2.45) is 10.9 Å². The van der Waals surface area contributed by atoms with Gasteiger partial charge in [-0.3, -0.25) is 0 Å². The molecule has 1 unspecified atom stereocenters. The van der Waals surface area contributed by atoms with Crippen LogP contribution in [0.4, 0.5) is 5.13 Å². The van der Waals surface area contributed by atoms with Crippen LogP contribution in [0, 0.1) is 5.92 Å². The van der Waals surface area contributed by atoms with Crippen molar-refractivity contribution in [2.75, 3.05) is 44.4 Å². The van der Waals surface area contributed by atoms with Gasteiger partial charge in [0.1, 0.15) is 0 Å². The highest BCUT2D eigenvalue weighted by Crippen LogP contribution is 2.25. The van der Waals surface area contributed by atoms with Gasteiger partial charge in [0.25, 0.3) is 0 Å². The molecular formula is C16H30IN5S2. The molecule has 1 N–H and O–H groups in total. The van der Waals surface area contributed by atoms with E-state index < -0.39 is 0 Å². The molecule has 8 heteroatoms. The van der Waals surface area contributed by atoms with Crippen LogP contribution in [0.1, 0.15) is 26.5 Å². The number of thioether (sulfide) groups is 1. The SMILES string of the molecule is CCNC(=NCc1csc(N(C)C)n1)N1CCSC(C(C)C)C1.I. The molecule has 1 atom stereocenters. The third-order valence-corrected chi connectivity index (χ3v) is 6.38. The molecule has 1 aliphatic rings. The summed E-state index contributed by atoms with van der Waals surface area (Å²) in [5.74, 6) is 2.90. The maximum absolute atomic E-state index is 4.82. The maximum Gasteiger partial charge on any atom is 0.194 e. The zero-order chi connectivity index (χ0) is 16.8. The molecule has 24 heavy (non-hydrogen) atoms. The second-order valence-corrected chi connectivity index (χ2v) is 8.47. The highest BCUT2D eigenvalue weighted by molar-refractivity contribution is 14.0. The van der Waals surface area contributed by atoms with Crippen LogP contribution in [-0.4, -0.2) is 60.6 Å². The van der Waals surface area contributed by atoms with E-state index in [1.165, 1.54) is 5.75 Å². The van der Waals surface area contributed by atoms with Crippen molar-refractivity contribution in [1.29, 1.82) is 0 Å². The summed E-state index contributed by atoms with van der Waals surface area (Å²) in [6.45, 7) is 10.4. The van der Waals surface area contributed by atoms with E-state index in [0.717, 1.165) is 36.4 Å². The van der Waals surface area contributed by atoms with Crippen LogP contribution < -0.4 is 10.2 Å². The Morgan fingerprint density at radius 1 is 1.50 bits per heavy atom. The molecule has 1 fully saturated rings. The summed E-state index contributed by atoms with van der Waals surface area (Å²) in [5, 5.41) is 7.27. The van der Waals surface area contributed by atoms with Gasteiger partial charge in [0, 0.05) is 50.1 Å². The molecule has 5 nitrogen and oxygen atoms in total. The molecule has 1 aromatic heterocycles. The predicted molar refractivity (Wildman–Crippen MR) is 119 cm³/mol. The van der Waals surface area contributed by atoms with Gasteiger partial charge in [-0.05, 0) is 12.8 Å². The van der Waals surface area contributed by atoms with E-state index in [4.69, 9.17) is 4.99 Å². The summed E-state index contributed by atoms with van der Waals surface area (Å²) in [7, 11) is 4.04. The van der Waals surface area contributed by atoms with Crippen molar-refractivity contribution in [3.8, 4) is 0 Å². The zero-order valence-corrected chi connectivity index (χ0v) is 19.2. The number of halogens is 1. The molecular weight excluding hydrogens is 453 g/mol. The van der Waals surface area contributed by atoms with Crippen molar-refractivity contribution in [3.63, 3.8) is 0 Å². The fourth-order valence-electron chi connectivity index (χ4n) is 2.43. The molecule has 0 bridgehead atoms. The lowest BCUT2D eigenvalue weighted by atomic mass is 10.1. The Labute approximate surface area is 171 Å². The Morgan fingerprint density at radius 3 is 2.83 bits per heavy atom. The normalized spacial score (nSPS) is 18.5. The summed E-state index contributed by atoms with van der Waals surface area (Å²) >= 11 is 3.76. The van der Waals surface area contributed by atoms with Gasteiger partial charge < -0.3 is 15.1 Å². The molecule has 0 aromatic carbocycles. The van der Waals surface area contributed by atoms with Crippen LogP contribution in [0.3, 0.4) is 0 Å². The molecule has 0 amide bonds. The minimum Gasteiger partial charge on any atom is -0.357 e. The predicted octanol–water partition coefficient (Wildman–Crippen LogP) is 3.37. The average molecular weight is 483 g/mol. The van der Waals surface area contributed by atoms with Gasteiger partial charge in [-0.15, -0.1) is 35.3 Å².